The molecule has 0 fully saturated rings. The maximum atomic E-state index is 13.5. The number of ether oxygens (including phenoxy) is 2. The van der Waals surface area contributed by atoms with Crippen LogP contribution < -0.4 is 14.8 Å². The third kappa shape index (κ3) is 4.55. The minimum atomic E-state index is -0.481. The molecule has 2 aromatic carbocycles. The third-order valence-electron chi connectivity index (χ3n) is 5.48. The molecule has 170 valence electrons. The highest BCUT2D eigenvalue weighted by atomic mass is 35.5. The summed E-state index contributed by atoms with van der Waals surface area (Å²) in [4.78, 5) is 11.0. The number of anilines is 2. The Morgan fingerprint density at radius 3 is 2.91 bits per heavy atom. The van der Waals surface area contributed by atoms with Crippen molar-refractivity contribution in [1.82, 2.24) is 20.0 Å². The van der Waals surface area contributed by atoms with Gasteiger partial charge in [0.1, 0.15) is 29.9 Å². The summed E-state index contributed by atoms with van der Waals surface area (Å²) in [6, 6.07) is 8.05. The van der Waals surface area contributed by atoms with Crippen LogP contribution in [0.15, 0.2) is 47.4 Å². The lowest BCUT2D eigenvalue weighted by atomic mass is 10.2. The zero-order valence-electron chi connectivity index (χ0n) is 17.8. The van der Waals surface area contributed by atoms with Gasteiger partial charge in [0.2, 0.25) is 0 Å². The van der Waals surface area contributed by atoms with Gasteiger partial charge in [0.05, 0.1) is 24.3 Å². The van der Waals surface area contributed by atoms with E-state index in [1.807, 2.05) is 6.07 Å². The van der Waals surface area contributed by atoms with Gasteiger partial charge in [-0.3, -0.25) is 4.90 Å². The van der Waals surface area contributed by atoms with Crippen molar-refractivity contribution < 1.29 is 18.4 Å². The number of nitrogens with zero attached hydrogens (tertiary/aromatic N) is 4. The number of halogens is 2. The molecule has 4 aromatic rings. The van der Waals surface area contributed by atoms with Crippen molar-refractivity contribution >= 4 is 34.0 Å². The first-order valence-corrected chi connectivity index (χ1v) is 10.8. The lowest BCUT2D eigenvalue weighted by molar-refractivity contribution is 0.226. The molecule has 2 aromatic heterocycles. The molecule has 0 spiro atoms. The molecule has 10 heteroatoms. The molecule has 0 bridgehead atoms. The Labute approximate surface area is 194 Å². The van der Waals surface area contributed by atoms with Crippen LogP contribution in [-0.2, 0) is 13.1 Å². The lowest BCUT2D eigenvalue weighted by Crippen LogP contribution is -2.20. The molecule has 0 saturated carbocycles. The van der Waals surface area contributed by atoms with Crippen LogP contribution in [0.3, 0.4) is 0 Å². The fraction of sp³-hybridized carbons (Fsp3) is 0.261. The van der Waals surface area contributed by atoms with Crippen molar-refractivity contribution in [2.75, 3.05) is 25.6 Å². The minimum absolute atomic E-state index is 0.0292. The van der Waals surface area contributed by atoms with E-state index in [2.05, 4.69) is 25.3 Å². The van der Waals surface area contributed by atoms with E-state index in [-0.39, 0.29) is 5.02 Å². The van der Waals surface area contributed by atoms with E-state index >= 15 is 0 Å². The first-order chi connectivity index (χ1) is 16.1. The number of methoxy groups -OCH3 is 1. The number of rotatable bonds is 8. The fourth-order valence-electron chi connectivity index (χ4n) is 3.82. The summed E-state index contributed by atoms with van der Waals surface area (Å²) in [6.07, 6.45) is 4.00. The molecule has 1 aliphatic heterocycles. The van der Waals surface area contributed by atoms with E-state index in [1.54, 1.807) is 25.5 Å². The molecule has 33 heavy (non-hydrogen) atoms. The van der Waals surface area contributed by atoms with Gasteiger partial charge in [-0.15, -0.1) is 0 Å². The SMILES string of the molecule is COc1cc2ncnc(Nc3ccc(F)c(Cl)c3)c2cc1OCCCN1Cc2conc2C1. The first kappa shape index (κ1) is 21.4. The van der Waals surface area contributed by atoms with Crippen molar-refractivity contribution in [3.05, 3.63) is 65.0 Å². The second-order valence-electron chi connectivity index (χ2n) is 7.70. The summed E-state index contributed by atoms with van der Waals surface area (Å²) in [5.74, 6) is 1.25. The molecule has 1 aliphatic rings. The zero-order chi connectivity index (χ0) is 22.8. The molecular weight excluding hydrogens is 449 g/mol. The van der Waals surface area contributed by atoms with Crippen LogP contribution in [0.2, 0.25) is 5.02 Å². The van der Waals surface area contributed by atoms with Gasteiger partial charge in [-0.25, -0.2) is 14.4 Å². The minimum Gasteiger partial charge on any atom is -0.493 e. The molecule has 3 heterocycles. The molecule has 1 N–H and O–H groups in total. The zero-order valence-corrected chi connectivity index (χ0v) is 18.6. The van der Waals surface area contributed by atoms with Crippen molar-refractivity contribution in [3.8, 4) is 11.5 Å². The van der Waals surface area contributed by atoms with Gasteiger partial charge in [0.25, 0.3) is 0 Å². The summed E-state index contributed by atoms with van der Waals surface area (Å²) in [6.45, 7) is 3.04. The van der Waals surface area contributed by atoms with E-state index in [1.165, 1.54) is 18.5 Å². The largest absolute Gasteiger partial charge is 0.493 e. The number of fused-ring (bicyclic) bond motifs is 2. The lowest BCUT2D eigenvalue weighted by Gasteiger charge is -2.16. The van der Waals surface area contributed by atoms with E-state index < -0.39 is 5.82 Å². The molecule has 0 atom stereocenters. The number of hydrogen-bond donors (Lipinski definition) is 1. The van der Waals surface area contributed by atoms with Gasteiger partial charge < -0.3 is 19.3 Å². The van der Waals surface area contributed by atoms with Crippen molar-refractivity contribution in [3.63, 3.8) is 0 Å². The average molecular weight is 470 g/mol. The molecule has 0 unspecified atom stereocenters. The van der Waals surface area contributed by atoms with Gasteiger partial charge in [0.15, 0.2) is 11.5 Å². The van der Waals surface area contributed by atoms with Crippen LogP contribution >= 0.6 is 11.6 Å². The van der Waals surface area contributed by atoms with E-state index in [4.69, 9.17) is 25.6 Å². The summed E-state index contributed by atoms with van der Waals surface area (Å²) >= 11 is 5.91. The Balaban J connectivity index is 1.29. The van der Waals surface area contributed by atoms with Gasteiger partial charge in [0, 0.05) is 42.3 Å². The fourth-order valence-corrected chi connectivity index (χ4v) is 4.00. The predicted octanol–water partition coefficient (Wildman–Crippen LogP) is 4.95. The normalized spacial score (nSPS) is 13.3. The standard InChI is InChI=1S/C23H21ClFN5O3/c1-31-21-9-19-16(23(27-13-26-19)28-15-3-4-18(25)17(24)7-15)8-22(21)32-6-2-5-30-10-14-12-33-29-20(14)11-30/h3-4,7-9,12-13H,2,5-6,10-11H2,1H3,(H,26,27,28). The number of nitrogens with one attached hydrogen (secondary N) is 1. The Kier molecular flexibility index (Phi) is 5.97. The number of benzene rings is 2. The summed E-state index contributed by atoms with van der Waals surface area (Å²) in [5.41, 5.74) is 3.45. The van der Waals surface area contributed by atoms with Gasteiger partial charge in [-0.05, 0) is 30.7 Å². The highest BCUT2D eigenvalue weighted by Crippen LogP contribution is 2.35. The smallest absolute Gasteiger partial charge is 0.162 e. The highest BCUT2D eigenvalue weighted by Gasteiger charge is 2.21. The highest BCUT2D eigenvalue weighted by molar-refractivity contribution is 6.31. The average Bonchev–Trinajstić information content (AvgIpc) is 3.41. The van der Waals surface area contributed by atoms with Crippen molar-refractivity contribution in [2.24, 2.45) is 0 Å². The Hall–Kier alpha value is -3.43. The maximum Gasteiger partial charge on any atom is 0.162 e. The maximum absolute atomic E-state index is 13.5. The van der Waals surface area contributed by atoms with Crippen LogP contribution in [0.4, 0.5) is 15.9 Å². The van der Waals surface area contributed by atoms with Crippen LogP contribution in [0.5, 0.6) is 11.5 Å². The second kappa shape index (κ2) is 9.21. The van der Waals surface area contributed by atoms with Gasteiger partial charge in [-0.2, -0.15) is 0 Å². The number of hydrogen-bond acceptors (Lipinski definition) is 8. The van der Waals surface area contributed by atoms with E-state index in [0.717, 1.165) is 42.7 Å². The Bertz CT molecular complexity index is 1280. The number of aromatic nitrogens is 3. The molecular formula is C23H21ClFN5O3. The Morgan fingerprint density at radius 1 is 1.18 bits per heavy atom. The second-order valence-corrected chi connectivity index (χ2v) is 8.10. The molecule has 0 saturated heterocycles. The summed E-state index contributed by atoms with van der Waals surface area (Å²) in [7, 11) is 1.59. The summed E-state index contributed by atoms with van der Waals surface area (Å²) < 4.78 is 30.0. The summed E-state index contributed by atoms with van der Waals surface area (Å²) in [5, 5.41) is 7.96. The van der Waals surface area contributed by atoms with Crippen molar-refractivity contribution in [1.29, 1.82) is 0 Å². The van der Waals surface area contributed by atoms with Gasteiger partial charge in [-0.1, -0.05) is 16.8 Å². The molecule has 0 aliphatic carbocycles. The quantitative estimate of drug-likeness (QED) is 0.363. The van der Waals surface area contributed by atoms with Crippen LogP contribution in [0.1, 0.15) is 17.7 Å². The first-order valence-electron chi connectivity index (χ1n) is 10.4. The van der Waals surface area contributed by atoms with Crippen LogP contribution in [0.25, 0.3) is 10.9 Å². The van der Waals surface area contributed by atoms with E-state index in [0.29, 0.717) is 35.1 Å². The molecule has 0 radical (unpaired) electrons. The topological polar surface area (TPSA) is 85.5 Å². The Morgan fingerprint density at radius 2 is 2.09 bits per heavy atom. The van der Waals surface area contributed by atoms with Crippen molar-refractivity contribution in [2.45, 2.75) is 19.5 Å². The molecule has 0 amide bonds. The van der Waals surface area contributed by atoms with Crippen LogP contribution in [0, 0.1) is 5.82 Å². The van der Waals surface area contributed by atoms with Gasteiger partial charge >= 0.3 is 0 Å². The third-order valence-corrected chi connectivity index (χ3v) is 5.76. The molecule has 8 nitrogen and oxygen atoms in total. The van der Waals surface area contributed by atoms with E-state index in [9.17, 15) is 4.39 Å². The monoisotopic (exact) mass is 469 g/mol. The molecule has 5 rings (SSSR count). The van der Waals surface area contributed by atoms with Crippen LogP contribution in [-0.4, -0.2) is 40.3 Å². The predicted molar refractivity (Wildman–Crippen MR) is 122 cm³/mol.